The van der Waals surface area contributed by atoms with Crippen LogP contribution in [0.1, 0.15) is 82.1 Å². The fraction of sp³-hybridized carbons (Fsp3) is 1.00. The summed E-state index contributed by atoms with van der Waals surface area (Å²) in [6, 6.07) is 0. The smallest absolute Gasteiger partial charge is 0.691 e. The van der Waals surface area contributed by atoms with Crippen LogP contribution in [0.15, 0.2) is 0 Å². The van der Waals surface area contributed by atoms with Crippen LogP contribution < -0.4 is 0 Å². The first-order valence-corrected chi connectivity index (χ1v) is 17.1. The monoisotopic (exact) mass is 574 g/mol. The fourth-order valence-corrected chi connectivity index (χ4v) is 8.44. The van der Waals surface area contributed by atoms with E-state index < -0.39 is 11.4 Å². The summed E-state index contributed by atoms with van der Waals surface area (Å²) in [5.74, 6) is 1.18. The van der Waals surface area contributed by atoms with Crippen molar-refractivity contribution >= 4 is 59.5 Å². The second kappa shape index (κ2) is 17.9. The summed E-state index contributed by atoms with van der Waals surface area (Å²) in [6.45, 7) is 20.3. The molecule has 0 amide bonds. The molecule has 0 aromatic heterocycles. The minimum absolute atomic E-state index is 0. The molecule has 0 bridgehead atoms. The third-order valence-electron chi connectivity index (χ3n) is 2.90. The van der Waals surface area contributed by atoms with Crippen molar-refractivity contribution < 1.29 is 37.6 Å². The molecular weight excluding hydrogens is 536 g/mol. The zero-order valence-corrected chi connectivity index (χ0v) is 27.8. The Bertz CT molecular complexity index is 464. The SMILES string of the molecule is CC(C)CC(C)OP(=S)([S-])OC(C)C.CC(C)CC(C)OP(=S)([S-])OC(C)C.[Zn+2]. The predicted octanol–water partition coefficient (Wildman–Crippen LogP) is 7.27. The molecule has 0 aromatic carbocycles. The quantitative estimate of drug-likeness (QED) is 0.137. The minimum Gasteiger partial charge on any atom is -0.691 e. The summed E-state index contributed by atoms with van der Waals surface area (Å²) in [7, 11) is 0. The third-order valence-corrected chi connectivity index (χ3v) is 7.57. The van der Waals surface area contributed by atoms with Crippen molar-refractivity contribution in [3.8, 4) is 0 Å². The van der Waals surface area contributed by atoms with Crippen molar-refractivity contribution in [2.45, 2.75) is 106 Å². The molecule has 0 N–H and O–H groups in total. The Kier molecular flexibility index (Phi) is 22.2. The normalized spacial score (nSPS) is 17.9. The van der Waals surface area contributed by atoms with Gasteiger partial charge in [-0.2, -0.15) is 0 Å². The standard InChI is InChI=1S/2C9H21O2PS2.Zn/c2*1-7(2)6-9(5)11-12(13,14)10-8(3)4;/h2*7-9H,6H2,1-5H3,(H,13,14);/q;;+2/p-2. The molecule has 0 radical (unpaired) electrons. The van der Waals surface area contributed by atoms with Gasteiger partial charge in [0.25, 0.3) is 0 Å². The summed E-state index contributed by atoms with van der Waals surface area (Å²) in [5.41, 5.74) is -4.89. The van der Waals surface area contributed by atoms with Gasteiger partial charge in [-0.25, -0.2) is 0 Å². The molecule has 0 aromatic rings. The topological polar surface area (TPSA) is 36.9 Å². The number of hydrogen-bond donors (Lipinski definition) is 0. The molecule has 0 rings (SSSR count). The Hall–Kier alpha value is 2.46. The van der Waals surface area contributed by atoms with E-state index >= 15 is 0 Å². The van der Waals surface area contributed by atoms with E-state index in [1.54, 1.807) is 0 Å². The number of rotatable bonds is 12. The maximum atomic E-state index is 5.58. The molecule has 172 valence electrons. The van der Waals surface area contributed by atoms with Crippen molar-refractivity contribution in [2.75, 3.05) is 0 Å². The van der Waals surface area contributed by atoms with Crippen LogP contribution in [-0.2, 0) is 85.7 Å². The van der Waals surface area contributed by atoms with Gasteiger partial charge in [0.2, 0.25) is 0 Å². The van der Waals surface area contributed by atoms with Crippen LogP contribution in [0.3, 0.4) is 0 Å². The zero-order valence-electron chi connectivity index (χ0n) is 19.7. The fourth-order valence-electron chi connectivity index (χ4n) is 2.42. The molecule has 0 aliphatic rings. The van der Waals surface area contributed by atoms with Crippen molar-refractivity contribution in [3.05, 3.63) is 0 Å². The van der Waals surface area contributed by atoms with Crippen LogP contribution in [0, 0.1) is 11.8 Å². The van der Waals surface area contributed by atoms with E-state index in [0.717, 1.165) is 12.8 Å². The average molecular weight is 576 g/mol. The molecule has 0 fully saturated rings. The molecule has 11 heteroatoms. The third kappa shape index (κ3) is 26.6. The minimum atomic E-state index is -2.44. The van der Waals surface area contributed by atoms with E-state index in [1.165, 1.54) is 0 Å². The van der Waals surface area contributed by atoms with Gasteiger partial charge in [-0.3, -0.25) is 0 Å². The van der Waals surface area contributed by atoms with Gasteiger partial charge in [0.15, 0.2) is 0 Å². The Morgan fingerprint density at radius 2 is 0.828 bits per heavy atom. The molecule has 4 atom stereocenters. The summed E-state index contributed by atoms with van der Waals surface area (Å²) in [6.07, 6.45) is 2.22. The largest absolute Gasteiger partial charge is 2.00 e. The summed E-state index contributed by atoms with van der Waals surface area (Å²) in [5, 5.41) is 0. The van der Waals surface area contributed by atoms with Crippen molar-refractivity contribution in [2.24, 2.45) is 11.8 Å². The van der Waals surface area contributed by atoms with Crippen LogP contribution in [0.4, 0.5) is 0 Å². The Labute approximate surface area is 214 Å². The van der Waals surface area contributed by atoms with E-state index in [-0.39, 0.29) is 43.9 Å². The van der Waals surface area contributed by atoms with Crippen molar-refractivity contribution in [1.82, 2.24) is 0 Å². The summed E-state index contributed by atoms with van der Waals surface area (Å²) in [4.78, 5) is 0. The molecule has 0 aliphatic carbocycles. The maximum absolute atomic E-state index is 5.58. The van der Waals surface area contributed by atoms with E-state index in [1.807, 2.05) is 41.5 Å². The molecule has 0 heterocycles. The van der Waals surface area contributed by atoms with Gasteiger partial charge in [0.05, 0.1) is 35.8 Å². The zero-order chi connectivity index (χ0) is 22.7. The second-order valence-electron chi connectivity index (χ2n) is 8.29. The molecule has 29 heavy (non-hydrogen) atoms. The number of hydrogen-bond acceptors (Lipinski definition) is 8. The van der Waals surface area contributed by atoms with Gasteiger partial charge >= 0.3 is 19.5 Å². The molecule has 0 aliphatic heterocycles. The molecular formula is C18H40O4P2S4Zn. The van der Waals surface area contributed by atoms with Crippen LogP contribution >= 0.6 is 11.4 Å². The van der Waals surface area contributed by atoms with Gasteiger partial charge in [-0.15, -0.1) is 0 Å². The Morgan fingerprint density at radius 1 is 0.586 bits per heavy atom. The van der Waals surface area contributed by atoms with E-state index in [4.69, 9.17) is 66.2 Å². The van der Waals surface area contributed by atoms with Crippen molar-refractivity contribution in [1.29, 1.82) is 0 Å². The molecule has 0 saturated heterocycles. The predicted molar refractivity (Wildman–Crippen MR) is 136 cm³/mol. The summed E-state index contributed by atoms with van der Waals surface area (Å²) < 4.78 is 22.0. The summed E-state index contributed by atoms with van der Waals surface area (Å²) >= 11 is 20.5. The Balaban J connectivity index is -0.000000451. The molecule has 4 unspecified atom stereocenters. The van der Waals surface area contributed by atoms with Gasteiger partial charge in [0, 0.05) is 0 Å². The maximum Gasteiger partial charge on any atom is 2.00 e. The van der Waals surface area contributed by atoms with Gasteiger partial charge < -0.3 is 42.6 Å². The van der Waals surface area contributed by atoms with Gasteiger partial charge in [0.1, 0.15) is 0 Å². The van der Waals surface area contributed by atoms with Gasteiger partial charge in [-0.1, -0.05) is 51.3 Å². The van der Waals surface area contributed by atoms with Gasteiger partial charge in [-0.05, 0) is 66.2 Å². The first kappa shape index (κ1) is 36.0. The molecule has 0 saturated carbocycles. The van der Waals surface area contributed by atoms with E-state index in [2.05, 4.69) is 27.7 Å². The molecule has 4 nitrogen and oxygen atoms in total. The van der Waals surface area contributed by atoms with Crippen molar-refractivity contribution in [3.63, 3.8) is 0 Å². The first-order valence-electron chi connectivity index (χ1n) is 9.81. The molecule has 0 spiro atoms. The van der Waals surface area contributed by atoms with Crippen LogP contribution in [0.5, 0.6) is 0 Å². The van der Waals surface area contributed by atoms with Crippen LogP contribution in [-0.4, -0.2) is 24.4 Å². The van der Waals surface area contributed by atoms with E-state index in [9.17, 15) is 0 Å². The Morgan fingerprint density at radius 3 is 1.00 bits per heavy atom. The van der Waals surface area contributed by atoms with Crippen LogP contribution in [0.2, 0.25) is 0 Å². The average Bonchev–Trinajstić information content (AvgIpc) is 2.30. The van der Waals surface area contributed by atoms with Crippen LogP contribution in [0.25, 0.3) is 0 Å². The second-order valence-corrected chi connectivity index (χ2v) is 18.1. The first-order chi connectivity index (χ1) is 12.5. The van der Waals surface area contributed by atoms with E-state index in [0.29, 0.717) is 11.8 Å².